The average Bonchev–Trinajstić information content (AvgIpc) is 3.11. The molecule has 1 fully saturated rings. The molecule has 0 radical (unpaired) electrons. The highest BCUT2D eigenvalue weighted by atomic mass is 32.2. The molecule has 6 heteroatoms. The van der Waals surface area contributed by atoms with E-state index in [-0.39, 0.29) is 5.91 Å². The molecule has 0 spiro atoms. The summed E-state index contributed by atoms with van der Waals surface area (Å²) in [5.74, 6) is 0.00544. The maximum Gasteiger partial charge on any atom is 0.266 e. The summed E-state index contributed by atoms with van der Waals surface area (Å²) in [7, 11) is 0. The second kappa shape index (κ2) is 8.53. The smallest absolute Gasteiger partial charge is 0.266 e. The Bertz CT molecular complexity index is 924. The minimum Gasteiger partial charge on any atom is -0.372 e. The van der Waals surface area contributed by atoms with Crippen LogP contribution in [0.25, 0.3) is 11.8 Å². The van der Waals surface area contributed by atoms with E-state index >= 15 is 0 Å². The van der Waals surface area contributed by atoms with Gasteiger partial charge in [-0.3, -0.25) is 9.69 Å². The summed E-state index contributed by atoms with van der Waals surface area (Å²) in [4.78, 5) is 17.2. The molecule has 1 aromatic heterocycles. The predicted molar refractivity (Wildman–Crippen MR) is 124 cm³/mol. The number of anilines is 1. The molecule has 1 aliphatic rings. The average molecular weight is 414 g/mol. The van der Waals surface area contributed by atoms with E-state index in [1.165, 1.54) is 17.4 Å². The number of nitrogens with zero attached hydrogens (tertiary/aromatic N) is 3. The molecule has 0 bridgehead atoms. The topological polar surface area (TPSA) is 28.5 Å². The Labute approximate surface area is 177 Å². The summed E-state index contributed by atoms with van der Waals surface area (Å²) in [6, 6.07) is 10.8. The van der Waals surface area contributed by atoms with Gasteiger partial charge < -0.3 is 9.47 Å². The number of amides is 1. The van der Waals surface area contributed by atoms with Crippen LogP contribution in [0, 0.1) is 13.8 Å². The molecule has 2 heterocycles. The SMILES string of the molecule is CCN1C(=O)/C(=C/c2cc(C)n(-c3ccc(N(CC)CC)cc3)c2C)SC1=S. The first-order valence-corrected chi connectivity index (χ1v) is 10.9. The Morgan fingerprint density at radius 3 is 2.29 bits per heavy atom. The Morgan fingerprint density at radius 2 is 1.75 bits per heavy atom. The molecule has 0 atom stereocenters. The molecule has 148 valence electrons. The van der Waals surface area contributed by atoms with Crippen LogP contribution in [0.4, 0.5) is 5.69 Å². The lowest BCUT2D eigenvalue weighted by Crippen LogP contribution is -2.27. The van der Waals surface area contributed by atoms with Crippen LogP contribution in [0.5, 0.6) is 0 Å². The zero-order valence-electron chi connectivity index (χ0n) is 17.2. The van der Waals surface area contributed by atoms with E-state index in [0.29, 0.717) is 15.8 Å². The summed E-state index contributed by atoms with van der Waals surface area (Å²) < 4.78 is 2.87. The van der Waals surface area contributed by atoms with Crippen LogP contribution in [0.15, 0.2) is 35.2 Å². The van der Waals surface area contributed by atoms with Gasteiger partial charge in [-0.15, -0.1) is 0 Å². The number of aryl methyl sites for hydroxylation is 1. The number of thioether (sulfide) groups is 1. The van der Waals surface area contributed by atoms with Crippen LogP contribution in [-0.2, 0) is 4.79 Å². The second-order valence-corrected chi connectivity index (χ2v) is 8.45. The third-order valence-electron chi connectivity index (χ3n) is 5.18. The number of aromatic nitrogens is 1. The number of thiocarbonyl (C=S) groups is 1. The first-order valence-electron chi connectivity index (χ1n) is 9.70. The van der Waals surface area contributed by atoms with Crippen LogP contribution in [-0.4, -0.2) is 39.3 Å². The highest BCUT2D eigenvalue weighted by Crippen LogP contribution is 2.34. The largest absolute Gasteiger partial charge is 0.372 e. The minimum absolute atomic E-state index is 0.00544. The third kappa shape index (κ3) is 3.76. The molecule has 4 nitrogen and oxygen atoms in total. The molecule has 0 aliphatic carbocycles. The first-order chi connectivity index (χ1) is 13.4. The van der Waals surface area contributed by atoms with Crippen molar-refractivity contribution in [3.05, 3.63) is 52.2 Å². The van der Waals surface area contributed by atoms with Crippen molar-refractivity contribution in [2.75, 3.05) is 24.5 Å². The van der Waals surface area contributed by atoms with Crippen LogP contribution in [0.3, 0.4) is 0 Å². The van der Waals surface area contributed by atoms with Crippen LogP contribution in [0.2, 0.25) is 0 Å². The van der Waals surface area contributed by atoms with Gasteiger partial charge in [0.05, 0.1) is 4.91 Å². The van der Waals surface area contributed by atoms with Crippen molar-refractivity contribution in [3.63, 3.8) is 0 Å². The van der Waals surface area contributed by atoms with Crippen molar-refractivity contribution in [1.29, 1.82) is 0 Å². The quantitative estimate of drug-likeness (QED) is 0.483. The van der Waals surface area contributed by atoms with E-state index in [9.17, 15) is 4.79 Å². The molecule has 28 heavy (non-hydrogen) atoms. The van der Waals surface area contributed by atoms with Crippen molar-refractivity contribution in [2.45, 2.75) is 34.6 Å². The molecule has 1 saturated heterocycles. The van der Waals surface area contributed by atoms with Gasteiger partial charge in [0, 0.05) is 42.4 Å². The van der Waals surface area contributed by atoms with Gasteiger partial charge in [-0.2, -0.15) is 0 Å². The molecule has 0 N–H and O–H groups in total. The van der Waals surface area contributed by atoms with Gasteiger partial charge in [0.1, 0.15) is 4.32 Å². The molecule has 0 saturated carbocycles. The van der Waals surface area contributed by atoms with Gasteiger partial charge in [-0.1, -0.05) is 24.0 Å². The number of likely N-dealkylation sites (N-methyl/N-ethyl adjacent to an activating group) is 1. The fourth-order valence-corrected chi connectivity index (χ4v) is 5.02. The van der Waals surface area contributed by atoms with E-state index in [1.54, 1.807) is 4.90 Å². The highest BCUT2D eigenvalue weighted by molar-refractivity contribution is 8.26. The summed E-state index contributed by atoms with van der Waals surface area (Å²) in [5, 5.41) is 0. The van der Waals surface area contributed by atoms with Crippen molar-refractivity contribution in [1.82, 2.24) is 9.47 Å². The lowest BCUT2D eigenvalue weighted by molar-refractivity contribution is -0.121. The van der Waals surface area contributed by atoms with E-state index in [2.05, 4.69) is 67.5 Å². The van der Waals surface area contributed by atoms with Gasteiger partial charge in [-0.25, -0.2) is 0 Å². The molecular weight excluding hydrogens is 386 g/mol. The molecule has 3 rings (SSSR count). The normalized spacial score (nSPS) is 15.8. The molecular formula is C22H27N3OS2. The van der Waals surface area contributed by atoms with Crippen LogP contribution in [0.1, 0.15) is 37.7 Å². The van der Waals surface area contributed by atoms with E-state index < -0.39 is 0 Å². The highest BCUT2D eigenvalue weighted by Gasteiger charge is 2.30. The molecule has 1 aliphatic heterocycles. The number of hydrogen-bond acceptors (Lipinski definition) is 4. The van der Waals surface area contributed by atoms with E-state index in [0.717, 1.165) is 35.7 Å². The molecule has 1 aromatic carbocycles. The second-order valence-electron chi connectivity index (χ2n) is 6.78. The molecule has 2 aromatic rings. The van der Waals surface area contributed by atoms with Gasteiger partial charge in [0.2, 0.25) is 0 Å². The summed E-state index contributed by atoms with van der Waals surface area (Å²) in [6.45, 7) is 13.1. The summed E-state index contributed by atoms with van der Waals surface area (Å²) in [6.07, 6.45) is 1.97. The minimum atomic E-state index is 0.00544. The summed E-state index contributed by atoms with van der Waals surface area (Å²) in [5.41, 5.74) is 5.69. The van der Waals surface area contributed by atoms with Gasteiger partial charge in [-0.05, 0) is 76.6 Å². The predicted octanol–water partition coefficient (Wildman–Crippen LogP) is 5.16. The Balaban J connectivity index is 1.94. The van der Waals surface area contributed by atoms with Gasteiger partial charge >= 0.3 is 0 Å². The van der Waals surface area contributed by atoms with E-state index in [4.69, 9.17) is 12.2 Å². The van der Waals surface area contributed by atoms with Crippen LogP contribution < -0.4 is 4.90 Å². The number of benzene rings is 1. The Morgan fingerprint density at radius 1 is 1.11 bits per heavy atom. The lowest BCUT2D eigenvalue weighted by Gasteiger charge is -2.21. The lowest BCUT2D eigenvalue weighted by atomic mass is 10.2. The zero-order chi connectivity index (χ0) is 20.4. The number of rotatable bonds is 6. The number of hydrogen-bond donors (Lipinski definition) is 0. The molecule has 1 amide bonds. The van der Waals surface area contributed by atoms with Crippen molar-refractivity contribution in [3.8, 4) is 5.69 Å². The Kier molecular flexibility index (Phi) is 6.30. The standard InChI is InChI=1S/C22H27N3OS2/c1-6-23(7-2)18-9-11-19(12-10-18)25-15(4)13-17(16(25)5)14-20-21(26)24(8-3)22(27)28-20/h9-14H,6-8H2,1-5H3/b20-14-. The van der Waals surface area contributed by atoms with E-state index in [1.807, 2.05) is 13.0 Å². The third-order valence-corrected chi connectivity index (χ3v) is 6.56. The maximum absolute atomic E-state index is 12.5. The van der Waals surface area contributed by atoms with Crippen molar-refractivity contribution in [2.24, 2.45) is 0 Å². The molecule has 0 unspecified atom stereocenters. The van der Waals surface area contributed by atoms with Gasteiger partial charge in [0.25, 0.3) is 5.91 Å². The van der Waals surface area contributed by atoms with Crippen molar-refractivity contribution >= 4 is 46.0 Å². The number of carbonyl (C=O) groups is 1. The fourth-order valence-electron chi connectivity index (χ4n) is 3.65. The van der Waals surface area contributed by atoms with Crippen LogP contribution >= 0.6 is 24.0 Å². The fraction of sp³-hybridized carbons (Fsp3) is 0.364. The summed E-state index contributed by atoms with van der Waals surface area (Å²) >= 11 is 6.71. The Hall–Kier alpha value is -2.05. The first kappa shape index (κ1) is 20.7. The zero-order valence-corrected chi connectivity index (χ0v) is 18.8. The van der Waals surface area contributed by atoms with Crippen molar-refractivity contribution < 1.29 is 4.79 Å². The van der Waals surface area contributed by atoms with Gasteiger partial charge in [0.15, 0.2) is 0 Å². The monoisotopic (exact) mass is 413 g/mol. The maximum atomic E-state index is 12.5. The number of carbonyl (C=O) groups excluding carboxylic acids is 1.